The van der Waals surface area contributed by atoms with Crippen molar-refractivity contribution >= 4 is 5.91 Å². The average molecular weight is 249 g/mol. The van der Waals surface area contributed by atoms with Gasteiger partial charge in [-0.15, -0.1) is 0 Å². The predicted octanol–water partition coefficient (Wildman–Crippen LogP) is 0.357. The van der Waals surface area contributed by atoms with Crippen LogP contribution in [0.15, 0.2) is 30.3 Å². The van der Waals surface area contributed by atoms with Crippen LogP contribution in [0.1, 0.15) is 18.0 Å². The molecule has 18 heavy (non-hydrogen) atoms. The first-order valence-electron chi connectivity index (χ1n) is 6.14. The highest BCUT2D eigenvalue weighted by Gasteiger charge is 2.29. The van der Waals surface area contributed by atoms with Crippen LogP contribution in [-0.4, -0.2) is 32.2 Å². The second-order valence-electron chi connectivity index (χ2n) is 4.32. The number of benzene rings is 1. The predicted molar refractivity (Wildman–Crippen MR) is 68.7 cm³/mol. The van der Waals surface area contributed by atoms with E-state index in [4.69, 9.17) is 4.74 Å². The van der Waals surface area contributed by atoms with Crippen LogP contribution in [0.25, 0.3) is 0 Å². The molecule has 0 spiro atoms. The molecule has 5 nitrogen and oxygen atoms in total. The van der Waals surface area contributed by atoms with Gasteiger partial charge >= 0.3 is 0 Å². The van der Waals surface area contributed by atoms with Crippen LogP contribution in [0.3, 0.4) is 0 Å². The van der Waals surface area contributed by atoms with E-state index in [1.165, 1.54) is 5.56 Å². The van der Waals surface area contributed by atoms with Gasteiger partial charge in [0.15, 0.2) is 0 Å². The summed E-state index contributed by atoms with van der Waals surface area (Å²) in [5.74, 6) is 0.0120. The topological polar surface area (TPSA) is 62.4 Å². The molecule has 1 saturated heterocycles. The Hall–Kier alpha value is -1.43. The zero-order chi connectivity index (χ0) is 12.8. The lowest BCUT2D eigenvalue weighted by Crippen LogP contribution is -2.44. The standard InChI is InChI=1S/C13H19N3O2/c1-18-8-7-14-13(17)12-9-11(15-16-12)10-5-3-2-4-6-10/h2-6,11-12,15-16H,7-9H2,1H3,(H,14,17). The zero-order valence-electron chi connectivity index (χ0n) is 10.5. The summed E-state index contributed by atoms with van der Waals surface area (Å²) in [5, 5.41) is 2.83. The molecule has 0 saturated carbocycles. The van der Waals surface area contributed by atoms with Crippen molar-refractivity contribution in [2.24, 2.45) is 0 Å². The molecule has 1 amide bonds. The van der Waals surface area contributed by atoms with Crippen LogP contribution >= 0.6 is 0 Å². The number of carbonyl (C=O) groups excluding carboxylic acids is 1. The molecule has 98 valence electrons. The second-order valence-corrected chi connectivity index (χ2v) is 4.32. The van der Waals surface area contributed by atoms with Crippen molar-refractivity contribution in [1.82, 2.24) is 16.2 Å². The van der Waals surface area contributed by atoms with Crippen molar-refractivity contribution in [3.05, 3.63) is 35.9 Å². The molecule has 1 aliphatic heterocycles. The van der Waals surface area contributed by atoms with Gasteiger partial charge in [-0.2, -0.15) is 0 Å². The third kappa shape index (κ3) is 3.29. The largest absolute Gasteiger partial charge is 0.383 e. The lowest BCUT2D eigenvalue weighted by Gasteiger charge is -2.10. The number of amides is 1. The molecule has 2 atom stereocenters. The number of hydrogen-bond acceptors (Lipinski definition) is 4. The third-order valence-electron chi connectivity index (χ3n) is 3.03. The number of hydrogen-bond donors (Lipinski definition) is 3. The van der Waals surface area contributed by atoms with Gasteiger partial charge in [-0.05, 0) is 12.0 Å². The van der Waals surface area contributed by atoms with E-state index in [1.807, 2.05) is 18.2 Å². The first-order chi connectivity index (χ1) is 8.81. The quantitative estimate of drug-likeness (QED) is 0.659. The van der Waals surface area contributed by atoms with Gasteiger partial charge < -0.3 is 10.1 Å². The first kappa shape index (κ1) is 13.0. The van der Waals surface area contributed by atoms with E-state index in [0.29, 0.717) is 13.2 Å². The number of ether oxygens (including phenoxy) is 1. The molecule has 1 heterocycles. The van der Waals surface area contributed by atoms with Gasteiger partial charge in [0.25, 0.3) is 0 Å². The SMILES string of the molecule is COCCNC(=O)C1CC(c2ccccc2)NN1. The normalized spacial score (nSPS) is 22.9. The van der Waals surface area contributed by atoms with Gasteiger partial charge in [-0.3, -0.25) is 4.79 Å². The van der Waals surface area contributed by atoms with Crippen molar-refractivity contribution in [3.8, 4) is 0 Å². The average Bonchev–Trinajstić information content (AvgIpc) is 2.89. The molecule has 1 aromatic rings. The van der Waals surface area contributed by atoms with Gasteiger partial charge in [0.05, 0.1) is 6.61 Å². The molecule has 0 bridgehead atoms. The van der Waals surface area contributed by atoms with E-state index in [-0.39, 0.29) is 18.0 Å². The molecule has 2 unspecified atom stereocenters. The van der Waals surface area contributed by atoms with E-state index < -0.39 is 0 Å². The molecule has 1 aromatic carbocycles. The number of carbonyl (C=O) groups is 1. The van der Waals surface area contributed by atoms with Crippen molar-refractivity contribution in [3.63, 3.8) is 0 Å². The highest BCUT2D eigenvalue weighted by Crippen LogP contribution is 2.21. The Morgan fingerprint density at radius 3 is 2.89 bits per heavy atom. The Kier molecular flexibility index (Phi) is 4.69. The lowest BCUT2D eigenvalue weighted by molar-refractivity contribution is -0.123. The molecule has 1 aliphatic rings. The summed E-state index contributed by atoms with van der Waals surface area (Å²) in [4.78, 5) is 11.8. The third-order valence-corrected chi connectivity index (χ3v) is 3.03. The van der Waals surface area contributed by atoms with Crippen LogP contribution < -0.4 is 16.2 Å². The summed E-state index contributed by atoms with van der Waals surface area (Å²) >= 11 is 0. The van der Waals surface area contributed by atoms with Crippen molar-refractivity contribution < 1.29 is 9.53 Å². The first-order valence-corrected chi connectivity index (χ1v) is 6.14. The van der Waals surface area contributed by atoms with Crippen LogP contribution in [-0.2, 0) is 9.53 Å². The summed E-state index contributed by atoms with van der Waals surface area (Å²) in [6, 6.07) is 10.1. The number of hydrazine groups is 1. The van der Waals surface area contributed by atoms with Gasteiger partial charge in [0.1, 0.15) is 6.04 Å². The minimum absolute atomic E-state index is 0.0120. The fourth-order valence-corrected chi connectivity index (χ4v) is 2.03. The minimum Gasteiger partial charge on any atom is -0.383 e. The second kappa shape index (κ2) is 6.49. The monoisotopic (exact) mass is 249 g/mol. The Morgan fingerprint density at radius 1 is 1.39 bits per heavy atom. The Bertz CT molecular complexity index is 383. The van der Waals surface area contributed by atoms with E-state index in [1.54, 1.807) is 7.11 Å². The molecular weight excluding hydrogens is 230 g/mol. The molecule has 0 aliphatic carbocycles. The summed E-state index contributed by atoms with van der Waals surface area (Å²) in [6.45, 7) is 1.08. The Morgan fingerprint density at radius 2 is 2.17 bits per heavy atom. The molecule has 3 N–H and O–H groups in total. The number of rotatable bonds is 5. The highest BCUT2D eigenvalue weighted by molar-refractivity contribution is 5.82. The van der Waals surface area contributed by atoms with Crippen molar-refractivity contribution in [2.45, 2.75) is 18.5 Å². The van der Waals surface area contributed by atoms with Crippen molar-refractivity contribution in [2.75, 3.05) is 20.3 Å². The van der Waals surface area contributed by atoms with Gasteiger partial charge in [0.2, 0.25) is 5.91 Å². The fraction of sp³-hybridized carbons (Fsp3) is 0.462. The summed E-state index contributed by atoms with van der Waals surface area (Å²) in [7, 11) is 1.62. The molecular formula is C13H19N3O2. The van der Waals surface area contributed by atoms with Crippen LogP contribution in [0, 0.1) is 0 Å². The summed E-state index contributed by atoms with van der Waals surface area (Å²) in [5.41, 5.74) is 7.37. The van der Waals surface area contributed by atoms with Crippen LogP contribution in [0.4, 0.5) is 0 Å². The lowest BCUT2D eigenvalue weighted by atomic mass is 10.0. The summed E-state index contributed by atoms with van der Waals surface area (Å²) < 4.78 is 4.89. The van der Waals surface area contributed by atoms with E-state index in [9.17, 15) is 4.79 Å². The van der Waals surface area contributed by atoms with Crippen LogP contribution in [0.5, 0.6) is 0 Å². The molecule has 0 radical (unpaired) electrons. The van der Waals surface area contributed by atoms with E-state index in [2.05, 4.69) is 28.3 Å². The fourth-order valence-electron chi connectivity index (χ4n) is 2.03. The van der Waals surface area contributed by atoms with Gasteiger partial charge in [0, 0.05) is 19.7 Å². The van der Waals surface area contributed by atoms with Crippen molar-refractivity contribution in [1.29, 1.82) is 0 Å². The zero-order valence-corrected chi connectivity index (χ0v) is 10.5. The molecule has 5 heteroatoms. The van der Waals surface area contributed by atoms with Gasteiger partial charge in [-0.1, -0.05) is 30.3 Å². The Labute approximate surface area is 107 Å². The van der Waals surface area contributed by atoms with E-state index in [0.717, 1.165) is 6.42 Å². The Balaban J connectivity index is 1.83. The molecule has 2 rings (SSSR count). The number of nitrogens with one attached hydrogen (secondary N) is 3. The maximum atomic E-state index is 11.8. The highest BCUT2D eigenvalue weighted by atomic mass is 16.5. The maximum absolute atomic E-state index is 11.8. The molecule has 0 aromatic heterocycles. The van der Waals surface area contributed by atoms with Crippen LogP contribution in [0.2, 0.25) is 0 Å². The van der Waals surface area contributed by atoms with Gasteiger partial charge in [-0.25, -0.2) is 10.9 Å². The minimum atomic E-state index is -0.188. The smallest absolute Gasteiger partial charge is 0.238 e. The maximum Gasteiger partial charge on any atom is 0.238 e. The number of methoxy groups -OCH3 is 1. The van der Waals surface area contributed by atoms with E-state index >= 15 is 0 Å². The summed E-state index contributed by atoms with van der Waals surface area (Å²) in [6.07, 6.45) is 0.753. The molecule has 1 fully saturated rings.